The first-order valence-electron chi connectivity index (χ1n) is 7.04. The molecular formula is C14H27N. The number of hydrogen-bond donors (Lipinski definition) is 1. The zero-order chi connectivity index (χ0) is 10.7. The molecule has 2 saturated carbocycles. The van der Waals surface area contributed by atoms with Crippen LogP contribution in [0.15, 0.2) is 0 Å². The average molecular weight is 209 g/mol. The Balaban J connectivity index is 1.99. The molecule has 2 aliphatic rings. The van der Waals surface area contributed by atoms with E-state index < -0.39 is 0 Å². The minimum Gasteiger partial charge on any atom is -0.317 e. The van der Waals surface area contributed by atoms with Crippen molar-refractivity contribution in [3.05, 3.63) is 0 Å². The van der Waals surface area contributed by atoms with Crippen molar-refractivity contribution in [3.63, 3.8) is 0 Å². The Labute approximate surface area is 95.0 Å². The van der Waals surface area contributed by atoms with Crippen molar-refractivity contribution >= 4 is 0 Å². The van der Waals surface area contributed by atoms with Gasteiger partial charge in [0.15, 0.2) is 0 Å². The molecular weight excluding hydrogens is 182 g/mol. The maximum Gasteiger partial charge on any atom is 0.00950 e. The molecule has 0 aliphatic heterocycles. The van der Waals surface area contributed by atoms with E-state index in [1.54, 1.807) is 0 Å². The molecule has 0 saturated heterocycles. The number of hydrogen-bond acceptors (Lipinski definition) is 1. The molecule has 1 N–H and O–H groups in total. The maximum absolute atomic E-state index is 3.56. The highest BCUT2D eigenvalue weighted by Gasteiger charge is 2.37. The molecule has 0 radical (unpaired) electrons. The van der Waals surface area contributed by atoms with Crippen molar-refractivity contribution in [2.75, 3.05) is 7.05 Å². The summed E-state index contributed by atoms with van der Waals surface area (Å²) in [6.07, 6.45) is 11.8. The Bertz CT molecular complexity index is 190. The van der Waals surface area contributed by atoms with Crippen LogP contribution < -0.4 is 5.32 Å². The van der Waals surface area contributed by atoms with Crippen molar-refractivity contribution in [1.82, 2.24) is 5.32 Å². The summed E-state index contributed by atoms with van der Waals surface area (Å²) in [5, 5.41) is 3.56. The first-order chi connectivity index (χ1) is 7.36. The van der Waals surface area contributed by atoms with E-state index in [0.29, 0.717) is 0 Å². The molecule has 1 nitrogen and oxygen atoms in total. The molecule has 4 atom stereocenters. The average Bonchev–Trinajstić information content (AvgIpc) is 2.76. The first-order valence-corrected chi connectivity index (χ1v) is 7.04. The Kier molecular flexibility index (Phi) is 4.07. The quantitative estimate of drug-likeness (QED) is 0.749. The smallest absolute Gasteiger partial charge is 0.00950 e. The number of nitrogens with one attached hydrogen (secondary N) is 1. The third kappa shape index (κ3) is 2.38. The van der Waals surface area contributed by atoms with Gasteiger partial charge in [-0.3, -0.25) is 0 Å². The lowest BCUT2D eigenvalue weighted by Crippen LogP contribution is -2.37. The first kappa shape index (κ1) is 11.4. The van der Waals surface area contributed by atoms with Crippen molar-refractivity contribution in [1.29, 1.82) is 0 Å². The molecule has 0 aromatic rings. The number of rotatable bonds is 3. The van der Waals surface area contributed by atoms with E-state index in [4.69, 9.17) is 0 Å². The van der Waals surface area contributed by atoms with Gasteiger partial charge in [-0.25, -0.2) is 0 Å². The van der Waals surface area contributed by atoms with Crippen LogP contribution in [0.4, 0.5) is 0 Å². The molecule has 0 aromatic heterocycles. The topological polar surface area (TPSA) is 12.0 Å². The summed E-state index contributed by atoms with van der Waals surface area (Å²) in [5.74, 6) is 3.08. The van der Waals surface area contributed by atoms with E-state index in [-0.39, 0.29) is 0 Å². The molecule has 88 valence electrons. The summed E-state index contributed by atoms with van der Waals surface area (Å²) in [4.78, 5) is 0. The van der Waals surface area contributed by atoms with E-state index in [1.165, 1.54) is 51.4 Å². The minimum atomic E-state index is 0.835. The third-order valence-corrected chi connectivity index (χ3v) is 4.98. The molecule has 0 bridgehead atoms. The van der Waals surface area contributed by atoms with Crippen LogP contribution >= 0.6 is 0 Å². The minimum absolute atomic E-state index is 0.835. The van der Waals surface area contributed by atoms with Crippen LogP contribution in [0, 0.1) is 17.8 Å². The second kappa shape index (κ2) is 5.34. The third-order valence-electron chi connectivity index (χ3n) is 4.98. The summed E-state index contributed by atoms with van der Waals surface area (Å²) < 4.78 is 0. The van der Waals surface area contributed by atoms with Crippen molar-refractivity contribution in [2.45, 2.75) is 64.3 Å². The Hall–Kier alpha value is -0.0400. The standard InChI is InChI=1S/C14H27N/c1-3-11-7-4-5-8-12(11)13-9-6-10-14(13)15-2/h11-15H,3-10H2,1-2H3. The lowest BCUT2D eigenvalue weighted by atomic mass is 9.70. The fraction of sp³-hybridized carbons (Fsp3) is 1.00. The van der Waals surface area contributed by atoms with Crippen LogP contribution in [0.1, 0.15) is 58.3 Å². The second-order valence-corrected chi connectivity index (χ2v) is 5.61. The molecule has 0 amide bonds. The largest absolute Gasteiger partial charge is 0.317 e. The molecule has 2 rings (SSSR count). The zero-order valence-electron chi connectivity index (χ0n) is 10.5. The monoisotopic (exact) mass is 209 g/mol. The van der Waals surface area contributed by atoms with Gasteiger partial charge in [-0.05, 0) is 44.1 Å². The Morgan fingerprint density at radius 1 is 0.933 bits per heavy atom. The molecule has 2 aliphatic carbocycles. The van der Waals surface area contributed by atoms with Crippen LogP contribution in [0.3, 0.4) is 0 Å². The summed E-state index contributed by atoms with van der Waals surface area (Å²) in [7, 11) is 2.16. The van der Waals surface area contributed by atoms with Gasteiger partial charge in [0.05, 0.1) is 0 Å². The van der Waals surface area contributed by atoms with Gasteiger partial charge in [-0.2, -0.15) is 0 Å². The molecule has 4 unspecified atom stereocenters. The van der Waals surface area contributed by atoms with Gasteiger partial charge < -0.3 is 5.32 Å². The van der Waals surface area contributed by atoms with E-state index >= 15 is 0 Å². The lowest BCUT2D eigenvalue weighted by Gasteiger charge is -2.37. The highest BCUT2D eigenvalue weighted by Crippen LogP contribution is 2.43. The maximum atomic E-state index is 3.56. The second-order valence-electron chi connectivity index (χ2n) is 5.61. The van der Waals surface area contributed by atoms with Crippen LogP contribution in [0.2, 0.25) is 0 Å². The molecule has 2 fully saturated rings. The summed E-state index contributed by atoms with van der Waals surface area (Å²) >= 11 is 0. The highest BCUT2D eigenvalue weighted by molar-refractivity contribution is 4.90. The van der Waals surface area contributed by atoms with Crippen molar-refractivity contribution < 1.29 is 0 Å². The van der Waals surface area contributed by atoms with Crippen molar-refractivity contribution in [3.8, 4) is 0 Å². The lowest BCUT2D eigenvalue weighted by molar-refractivity contribution is 0.141. The van der Waals surface area contributed by atoms with Gasteiger partial charge >= 0.3 is 0 Å². The Morgan fingerprint density at radius 2 is 1.67 bits per heavy atom. The fourth-order valence-electron chi connectivity index (χ4n) is 4.17. The normalized spacial score (nSPS) is 42.0. The van der Waals surface area contributed by atoms with Gasteiger partial charge in [0, 0.05) is 6.04 Å². The Morgan fingerprint density at radius 3 is 2.40 bits per heavy atom. The fourth-order valence-corrected chi connectivity index (χ4v) is 4.17. The highest BCUT2D eigenvalue weighted by atomic mass is 14.9. The SMILES string of the molecule is CCC1CCCCC1C1CCCC1NC. The predicted octanol–water partition coefficient (Wildman–Crippen LogP) is 3.59. The summed E-state index contributed by atoms with van der Waals surface area (Å²) in [5.41, 5.74) is 0. The predicted molar refractivity (Wildman–Crippen MR) is 65.9 cm³/mol. The van der Waals surface area contributed by atoms with E-state index in [9.17, 15) is 0 Å². The van der Waals surface area contributed by atoms with E-state index in [2.05, 4.69) is 19.3 Å². The van der Waals surface area contributed by atoms with E-state index in [0.717, 1.165) is 23.8 Å². The summed E-state index contributed by atoms with van der Waals surface area (Å²) in [6.45, 7) is 2.40. The molecule has 15 heavy (non-hydrogen) atoms. The zero-order valence-corrected chi connectivity index (χ0v) is 10.5. The molecule has 1 heteroatoms. The van der Waals surface area contributed by atoms with Crippen LogP contribution in [0.5, 0.6) is 0 Å². The molecule has 0 aromatic carbocycles. The molecule has 0 heterocycles. The molecule has 0 spiro atoms. The van der Waals surface area contributed by atoms with Crippen molar-refractivity contribution in [2.24, 2.45) is 17.8 Å². The van der Waals surface area contributed by atoms with Gasteiger partial charge in [0.25, 0.3) is 0 Å². The van der Waals surface area contributed by atoms with Gasteiger partial charge in [-0.15, -0.1) is 0 Å². The van der Waals surface area contributed by atoms with Crippen LogP contribution in [0.25, 0.3) is 0 Å². The van der Waals surface area contributed by atoms with Crippen LogP contribution in [-0.2, 0) is 0 Å². The van der Waals surface area contributed by atoms with Gasteiger partial charge in [0.2, 0.25) is 0 Å². The van der Waals surface area contributed by atoms with E-state index in [1.807, 2.05) is 0 Å². The van der Waals surface area contributed by atoms with Gasteiger partial charge in [-0.1, -0.05) is 39.0 Å². The summed E-state index contributed by atoms with van der Waals surface area (Å²) in [6, 6.07) is 0.835. The van der Waals surface area contributed by atoms with Crippen LogP contribution in [-0.4, -0.2) is 13.1 Å². The van der Waals surface area contributed by atoms with Gasteiger partial charge in [0.1, 0.15) is 0 Å².